The number of nitrogens with one attached hydrogen (secondary N) is 1. The zero-order chi connectivity index (χ0) is 29.9. The SMILES string of the molecule is CCOc1nc(N)nc2c1ncn2[C@@H]1O[C@H](COP(=O)(N[C@@H](C)C(=O)OC(C)C)Oc2ccccc2)[C@@H](O)[C@@]1(C)N. The van der Waals surface area contributed by atoms with Gasteiger partial charge >= 0.3 is 13.7 Å². The number of aliphatic hydroxyl groups is 1. The summed E-state index contributed by atoms with van der Waals surface area (Å²) in [7, 11) is -4.21. The monoisotopic (exact) mass is 593 g/mol. The summed E-state index contributed by atoms with van der Waals surface area (Å²) in [6, 6.07) is 7.25. The number of nitrogens with two attached hydrogens (primary N) is 2. The maximum atomic E-state index is 13.8. The number of ether oxygens (including phenoxy) is 3. The Kier molecular flexibility index (Phi) is 9.16. The molecule has 0 aliphatic carbocycles. The Morgan fingerprint density at radius 2 is 1.98 bits per heavy atom. The van der Waals surface area contributed by atoms with Gasteiger partial charge in [-0.2, -0.15) is 15.1 Å². The van der Waals surface area contributed by atoms with E-state index < -0.39 is 50.3 Å². The number of hydrogen-bond donors (Lipinski definition) is 4. The zero-order valence-electron chi connectivity index (χ0n) is 23.5. The molecule has 1 fully saturated rings. The number of nitrogens with zero attached hydrogens (tertiary/aromatic N) is 4. The first kappa shape index (κ1) is 30.6. The molecule has 0 bridgehead atoms. The van der Waals surface area contributed by atoms with E-state index in [0.717, 1.165) is 0 Å². The fraction of sp³-hybridized carbons (Fsp3) is 0.520. The van der Waals surface area contributed by atoms with Gasteiger partial charge in [0.05, 0.1) is 31.2 Å². The van der Waals surface area contributed by atoms with Gasteiger partial charge in [-0.15, -0.1) is 0 Å². The molecule has 1 unspecified atom stereocenters. The number of benzene rings is 1. The topological polar surface area (TPSA) is 208 Å². The lowest BCUT2D eigenvalue weighted by Gasteiger charge is -2.28. The number of nitrogen functional groups attached to an aromatic ring is 1. The van der Waals surface area contributed by atoms with Gasteiger partial charge in [0, 0.05) is 0 Å². The second-order valence-corrected chi connectivity index (χ2v) is 11.7. The van der Waals surface area contributed by atoms with Gasteiger partial charge in [0.15, 0.2) is 17.4 Å². The van der Waals surface area contributed by atoms with Crippen molar-refractivity contribution in [1.82, 2.24) is 24.6 Å². The third-order valence-electron chi connectivity index (χ3n) is 6.20. The van der Waals surface area contributed by atoms with Crippen LogP contribution in [0.3, 0.4) is 0 Å². The van der Waals surface area contributed by atoms with E-state index in [0.29, 0.717) is 12.1 Å². The van der Waals surface area contributed by atoms with Crippen LogP contribution in [0.2, 0.25) is 0 Å². The fourth-order valence-electron chi connectivity index (χ4n) is 4.25. The summed E-state index contributed by atoms with van der Waals surface area (Å²) in [6.45, 7) is 8.16. The van der Waals surface area contributed by atoms with Crippen molar-refractivity contribution in [2.24, 2.45) is 5.73 Å². The standard InChI is InChI=1S/C25H36N7O8P/c1-6-36-21-18-20(29-24(26)30-21)32(13-28-18)23-25(5,27)19(33)17(39-23)12-37-41(35,40-16-10-8-7-9-11-16)31-15(4)22(34)38-14(2)3/h7-11,13-15,17,19,23,33H,6,12,27H2,1-5H3,(H,31,35)(H2,26,29,30)/t15-,17+,19+,23+,25+,41?/m0/s1. The highest BCUT2D eigenvalue weighted by molar-refractivity contribution is 7.52. The van der Waals surface area contributed by atoms with E-state index >= 15 is 0 Å². The predicted octanol–water partition coefficient (Wildman–Crippen LogP) is 1.92. The van der Waals surface area contributed by atoms with E-state index in [2.05, 4.69) is 20.0 Å². The normalized spacial score (nSPS) is 24.7. The molecule has 15 nitrogen and oxygen atoms in total. The number of para-hydroxylation sites is 1. The average molecular weight is 594 g/mol. The molecule has 0 spiro atoms. The number of esters is 1. The quantitative estimate of drug-likeness (QED) is 0.175. The van der Waals surface area contributed by atoms with Gasteiger partial charge in [-0.1, -0.05) is 18.2 Å². The minimum atomic E-state index is -4.21. The summed E-state index contributed by atoms with van der Waals surface area (Å²) in [5.74, 6) is -0.266. The van der Waals surface area contributed by atoms with Crippen molar-refractivity contribution in [1.29, 1.82) is 0 Å². The van der Waals surface area contributed by atoms with Crippen LogP contribution in [-0.2, 0) is 23.4 Å². The molecular formula is C25H36N7O8P. The van der Waals surface area contributed by atoms with Crippen LogP contribution in [0.4, 0.5) is 5.95 Å². The van der Waals surface area contributed by atoms with Crippen molar-refractivity contribution >= 4 is 30.8 Å². The minimum absolute atomic E-state index is 0.0463. The Labute approximate surface area is 237 Å². The maximum Gasteiger partial charge on any atom is 0.459 e. The largest absolute Gasteiger partial charge is 0.476 e. The van der Waals surface area contributed by atoms with Crippen LogP contribution < -0.4 is 25.8 Å². The number of fused-ring (bicyclic) bond motifs is 1. The third-order valence-corrected chi connectivity index (χ3v) is 7.84. The van der Waals surface area contributed by atoms with Crippen molar-refractivity contribution in [2.45, 2.75) is 70.7 Å². The van der Waals surface area contributed by atoms with Gasteiger partial charge in [-0.05, 0) is 46.8 Å². The molecule has 4 rings (SSSR count). The van der Waals surface area contributed by atoms with Crippen LogP contribution in [0.25, 0.3) is 11.2 Å². The van der Waals surface area contributed by atoms with Crippen LogP contribution in [0, 0.1) is 0 Å². The lowest BCUT2D eigenvalue weighted by atomic mass is 9.93. The van der Waals surface area contributed by atoms with Crippen LogP contribution in [0.5, 0.6) is 11.6 Å². The van der Waals surface area contributed by atoms with Crippen LogP contribution in [0.15, 0.2) is 36.7 Å². The highest BCUT2D eigenvalue weighted by atomic mass is 31.2. The summed E-state index contributed by atoms with van der Waals surface area (Å²) in [5, 5.41) is 13.7. The Morgan fingerprint density at radius 3 is 2.63 bits per heavy atom. The molecule has 41 heavy (non-hydrogen) atoms. The number of carbonyl (C=O) groups is 1. The van der Waals surface area contributed by atoms with Gasteiger partial charge in [0.1, 0.15) is 24.0 Å². The molecule has 1 saturated heterocycles. The lowest BCUT2D eigenvalue weighted by molar-refractivity contribution is -0.149. The number of aromatic nitrogens is 4. The van der Waals surface area contributed by atoms with E-state index in [1.807, 2.05) is 0 Å². The summed E-state index contributed by atoms with van der Waals surface area (Å²) < 4.78 is 43.6. The Morgan fingerprint density at radius 1 is 1.27 bits per heavy atom. The smallest absolute Gasteiger partial charge is 0.459 e. The minimum Gasteiger partial charge on any atom is -0.476 e. The molecule has 224 valence electrons. The first-order valence-corrected chi connectivity index (χ1v) is 14.6. The maximum absolute atomic E-state index is 13.8. The van der Waals surface area contributed by atoms with Crippen LogP contribution in [0.1, 0.15) is 40.8 Å². The summed E-state index contributed by atoms with van der Waals surface area (Å²) in [5.41, 5.74) is 11.7. The van der Waals surface area contributed by atoms with Crippen molar-refractivity contribution in [3.63, 3.8) is 0 Å². The van der Waals surface area contributed by atoms with Crippen LogP contribution >= 0.6 is 7.75 Å². The Balaban J connectivity index is 1.56. The number of aliphatic hydroxyl groups excluding tert-OH is 1. The average Bonchev–Trinajstić information content (AvgIpc) is 3.41. The predicted molar refractivity (Wildman–Crippen MR) is 148 cm³/mol. The number of anilines is 1. The Bertz CT molecular complexity index is 1400. The molecular weight excluding hydrogens is 557 g/mol. The van der Waals surface area contributed by atoms with Gasteiger partial charge in [-0.3, -0.25) is 13.9 Å². The van der Waals surface area contributed by atoms with E-state index in [4.69, 9.17) is 34.7 Å². The number of imidazole rings is 1. The molecule has 16 heteroatoms. The first-order chi connectivity index (χ1) is 19.3. The second kappa shape index (κ2) is 12.3. The summed E-state index contributed by atoms with van der Waals surface area (Å²) >= 11 is 0. The second-order valence-electron chi connectivity index (χ2n) is 10.0. The molecule has 0 saturated carbocycles. The number of carbonyl (C=O) groups excluding carboxylic acids is 1. The first-order valence-electron chi connectivity index (χ1n) is 13.1. The van der Waals surface area contributed by atoms with Crippen molar-refractivity contribution in [3.05, 3.63) is 36.7 Å². The molecule has 1 aliphatic heterocycles. The molecule has 1 aromatic carbocycles. The molecule has 2 aromatic heterocycles. The molecule has 6 atom stereocenters. The van der Waals surface area contributed by atoms with Crippen molar-refractivity contribution in [2.75, 3.05) is 18.9 Å². The van der Waals surface area contributed by atoms with E-state index in [1.54, 1.807) is 58.0 Å². The van der Waals surface area contributed by atoms with Crippen molar-refractivity contribution in [3.8, 4) is 11.6 Å². The van der Waals surface area contributed by atoms with Gasteiger partial charge in [0.25, 0.3) is 0 Å². The summed E-state index contributed by atoms with van der Waals surface area (Å²) in [4.78, 5) is 25.1. The van der Waals surface area contributed by atoms with Gasteiger partial charge in [-0.25, -0.2) is 9.55 Å². The zero-order valence-corrected chi connectivity index (χ0v) is 24.4. The highest BCUT2D eigenvalue weighted by Gasteiger charge is 2.53. The van der Waals surface area contributed by atoms with Crippen molar-refractivity contribution < 1.29 is 37.7 Å². The fourth-order valence-corrected chi connectivity index (χ4v) is 5.75. The molecule has 1 aliphatic rings. The number of hydrogen-bond acceptors (Lipinski definition) is 13. The Hall–Kier alpha value is -3.33. The van der Waals surface area contributed by atoms with Crippen LogP contribution in [-0.4, -0.2) is 73.7 Å². The highest BCUT2D eigenvalue weighted by Crippen LogP contribution is 2.47. The molecule has 3 heterocycles. The van der Waals surface area contributed by atoms with E-state index in [9.17, 15) is 14.5 Å². The van der Waals surface area contributed by atoms with E-state index in [-0.39, 0.29) is 29.3 Å². The molecule has 0 amide bonds. The van der Waals surface area contributed by atoms with Gasteiger partial charge < -0.3 is 35.3 Å². The number of rotatable bonds is 12. The molecule has 3 aromatic rings. The van der Waals surface area contributed by atoms with Gasteiger partial charge in [0.2, 0.25) is 11.8 Å². The lowest BCUT2D eigenvalue weighted by Crippen LogP contribution is -2.52. The third kappa shape index (κ3) is 6.77. The van der Waals surface area contributed by atoms with E-state index in [1.165, 1.54) is 17.8 Å². The molecule has 6 N–H and O–H groups in total. The molecule has 0 radical (unpaired) electrons. The summed E-state index contributed by atoms with van der Waals surface area (Å²) in [6.07, 6.45) is -2.29.